The van der Waals surface area contributed by atoms with Crippen molar-refractivity contribution in [3.63, 3.8) is 0 Å². The number of ether oxygens (including phenoxy) is 1. The molecule has 2 saturated carbocycles. The molecular weight excluding hydrogens is 366 g/mol. The van der Waals surface area contributed by atoms with E-state index in [9.17, 15) is 0 Å². The van der Waals surface area contributed by atoms with Gasteiger partial charge in [0.2, 0.25) is 4.80 Å². The lowest BCUT2D eigenvalue weighted by atomic mass is 9.96. The van der Waals surface area contributed by atoms with E-state index in [2.05, 4.69) is 22.2 Å². The average Bonchev–Trinajstić information content (AvgIpc) is 2.95. The van der Waals surface area contributed by atoms with Crippen LogP contribution in [-0.4, -0.2) is 23.5 Å². The van der Waals surface area contributed by atoms with Crippen LogP contribution in [0.5, 0.6) is 5.75 Å². The Morgan fingerprint density at radius 2 is 1.61 bits per heavy atom. The standard InChI is InChI=1S/C23H31N3OS/c1-27-21-15-13-18(14-16-21)22-17-28-23(24-19-9-7-4-8-10-19)26(22)25-20-11-5-2-3-6-12-20/h13-17,19H,2-12H2,1H3. The highest BCUT2D eigenvalue weighted by molar-refractivity contribution is 7.07. The molecule has 0 unspecified atom stereocenters. The third-order valence-corrected chi connectivity index (χ3v) is 6.69. The number of rotatable bonds is 4. The molecular formula is C23H31N3OS. The summed E-state index contributed by atoms with van der Waals surface area (Å²) in [6.07, 6.45) is 13.8. The zero-order valence-electron chi connectivity index (χ0n) is 16.9. The molecule has 0 spiro atoms. The summed E-state index contributed by atoms with van der Waals surface area (Å²) in [5.74, 6) is 0.882. The molecule has 0 N–H and O–H groups in total. The lowest BCUT2D eigenvalue weighted by molar-refractivity contribution is 0.415. The number of methoxy groups -OCH3 is 1. The smallest absolute Gasteiger partial charge is 0.206 e. The monoisotopic (exact) mass is 397 g/mol. The summed E-state index contributed by atoms with van der Waals surface area (Å²) in [4.78, 5) is 6.19. The number of hydrogen-bond donors (Lipinski definition) is 0. The highest BCUT2D eigenvalue weighted by Gasteiger charge is 2.15. The molecule has 150 valence electrons. The first kappa shape index (κ1) is 19.4. The van der Waals surface area contributed by atoms with Gasteiger partial charge >= 0.3 is 0 Å². The van der Waals surface area contributed by atoms with Crippen LogP contribution in [-0.2, 0) is 0 Å². The Labute approximate surface area is 172 Å². The van der Waals surface area contributed by atoms with Gasteiger partial charge < -0.3 is 4.74 Å². The third kappa shape index (κ3) is 4.75. The molecule has 0 amide bonds. The molecule has 1 heterocycles. The number of benzene rings is 1. The topological polar surface area (TPSA) is 38.9 Å². The second-order valence-corrected chi connectivity index (χ2v) is 8.78. The van der Waals surface area contributed by atoms with E-state index in [1.807, 2.05) is 12.1 Å². The van der Waals surface area contributed by atoms with Crippen LogP contribution in [0.15, 0.2) is 39.7 Å². The molecule has 0 radical (unpaired) electrons. The maximum absolute atomic E-state index is 5.33. The summed E-state index contributed by atoms with van der Waals surface area (Å²) >= 11 is 1.73. The highest BCUT2D eigenvalue weighted by atomic mass is 32.1. The molecule has 2 fully saturated rings. The Hall–Kier alpha value is -1.88. The van der Waals surface area contributed by atoms with Crippen molar-refractivity contribution < 1.29 is 4.74 Å². The molecule has 2 aliphatic carbocycles. The van der Waals surface area contributed by atoms with Crippen LogP contribution in [0, 0.1) is 0 Å². The summed E-state index contributed by atoms with van der Waals surface area (Å²) in [7, 11) is 1.71. The van der Waals surface area contributed by atoms with Gasteiger partial charge in [0.05, 0.1) is 18.8 Å². The zero-order valence-corrected chi connectivity index (χ0v) is 17.7. The Morgan fingerprint density at radius 1 is 0.929 bits per heavy atom. The van der Waals surface area contributed by atoms with Crippen LogP contribution in [0.25, 0.3) is 11.3 Å². The quantitative estimate of drug-likeness (QED) is 0.582. The highest BCUT2D eigenvalue weighted by Crippen LogP contribution is 2.25. The minimum absolute atomic E-state index is 0.455. The maximum atomic E-state index is 5.33. The molecule has 1 aromatic heterocycles. The van der Waals surface area contributed by atoms with Gasteiger partial charge in [0, 0.05) is 16.7 Å². The molecule has 2 aliphatic rings. The Bertz CT molecular complexity index is 847. The van der Waals surface area contributed by atoms with E-state index < -0.39 is 0 Å². The maximum Gasteiger partial charge on any atom is 0.206 e. The van der Waals surface area contributed by atoms with Gasteiger partial charge in [-0.3, -0.25) is 4.99 Å². The number of nitrogens with zero attached hydrogens (tertiary/aromatic N) is 3. The Balaban J connectivity index is 1.74. The molecule has 4 rings (SSSR count). The number of aromatic nitrogens is 1. The molecule has 2 aromatic rings. The molecule has 0 aliphatic heterocycles. The second-order valence-electron chi connectivity index (χ2n) is 7.95. The molecule has 4 nitrogen and oxygen atoms in total. The van der Waals surface area contributed by atoms with E-state index in [-0.39, 0.29) is 0 Å². The van der Waals surface area contributed by atoms with Crippen molar-refractivity contribution in [1.82, 2.24) is 4.68 Å². The Kier molecular flexibility index (Phi) is 6.63. The molecule has 0 bridgehead atoms. The molecule has 0 atom stereocenters. The lowest BCUT2D eigenvalue weighted by Crippen LogP contribution is -2.20. The predicted octanol–water partition coefficient (Wildman–Crippen LogP) is 6.02. The fraction of sp³-hybridized carbons (Fsp3) is 0.565. The fourth-order valence-electron chi connectivity index (χ4n) is 4.19. The summed E-state index contributed by atoms with van der Waals surface area (Å²) in [6.45, 7) is 0. The first-order valence-corrected chi connectivity index (χ1v) is 11.7. The van der Waals surface area contributed by atoms with E-state index in [0.29, 0.717) is 6.04 Å². The minimum atomic E-state index is 0.455. The molecule has 5 heteroatoms. The van der Waals surface area contributed by atoms with Crippen molar-refractivity contribution >= 4 is 17.0 Å². The van der Waals surface area contributed by atoms with Gasteiger partial charge in [-0.05, 0) is 62.8 Å². The van der Waals surface area contributed by atoms with Crippen LogP contribution < -0.4 is 9.54 Å². The predicted molar refractivity (Wildman–Crippen MR) is 117 cm³/mol. The number of thiazole rings is 1. The van der Waals surface area contributed by atoms with Crippen LogP contribution in [0.2, 0.25) is 0 Å². The third-order valence-electron chi connectivity index (χ3n) is 5.86. The van der Waals surface area contributed by atoms with Crippen molar-refractivity contribution in [1.29, 1.82) is 0 Å². The molecule has 28 heavy (non-hydrogen) atoms. The van der Waals surface area contributed by atoms with E-state index in [1.165, 1.54) is 69.1 Å². The van der Waals surface area contributed by atoms with Crippen molar-refractivity contribution in [2.75, 3.05) is 7.11 Å². The van der Waals surface area contributed by atoms with Crippen LogP contribution in [0.4, 0.5) is 0 Å². The van der Waals surface area contributed by atoms with Crippen LogP contribution >= 0.6 is 11.3 Å². The largest absolute Gasteiger partial charge is 0.497 e. The van der Waals surface area contributed by atoms with E-state index in [4.69, 9.17) is 14.8 Å². The van der Waals surface area contributed by atoms with Gasteiger partial charge in [-0.25, -0.2) is 4.68 Å². The van der Waals surface area contributed by atoms with Gasteiger partial charge in [-0.15, -0.1) is 11.3 Å². The summed E-state index contributed by atoms with van der Waals surface area (Å²) in [5.41, 5.74) is 3.63. The van der Waals surface area contributed by atoms with Crippen molar-refractivity contribution in [2.45, 2.75) is 76.7 Å². The first-order chi connectivity index (χ1) is 13.8. The van der Waals surface area contributed by atoms with E-state index >= 15 is 0 Å². The van der Waals surface area contributed by atoms with Gasteiger partial charge in [-0.2, -0.15) is 5.10 Å². The van der Waals surface area contributed by atoms with Gasteiger partial charge in [0.25, 0.3) is 0 Å². The molecule has 0 saturated heterocycles. The fourth-order valence-corrected chi connectivity index (χ4v) is 5.09. The summed E-state index contributed by atoms with van der Waals surface area (Å²) in [6, 6.07) is 8.74. The van der Waals surface area contributed by atoms with E-state index in [0.717, 1.165) is 29.1 Å². The zero-order chi connectivity index (χ0) is 19.2. The normalized spacial score (nSPS) is 19.5. The Morgan fingerprint density at radius 3 is 2.29 bits per heavy atom. The average molecular weight is 398 g/mol. The summed E-state index contributed by atoms with van der Waals surface area (Å²) < 4.78 is 7.45. The second kappa shape index (κ2) is 9.55. The van der Waals surface area contributed by atoms with Crippen LogP contribution in [0.3, 0.4) is 0 Å². The lowest BCUT2D eigenvalue weighted by Gasteiger charge is -2.17. The van der Waals surface area contributed by atoms with Gasteiger partial charge in [0.15, 0.2) is 0 Å². The van der Waals surface area contributed by atoms with Crippen molar-refractivity contribution in [3.8, 4) is 17.0 Å². The van der Waals surface area contributed by atoms with Gasteiger partial charge in [-0.1, -0.05) is 32.1 Å². The number of hydrogen-bond acceptors (Lipinski definition) is 4. The van der Waals surface area contributed by atoms with Gasteiger partial charge in [0.1, 0.15) is 5.75 Å². The summed E-state index contributed by atoms with van der Waals surface area (Å²) in [5, 5.41) is 7.35. The molecule has 1 aromatic carbocycles. The SMILES string of the molecule is COc1ccc(-c2csc(=NC3CCCCC3)n2N=C2CCCCCC2)cc1. The van der Waals surface area contributed by atoms with Crippen LogP contribution in [0.1, 0.15) is 70.6 Å². The minimum Gasteiger partial charge on any atom is -0.497 e. The van der Waals surface area contributed by atoms with E-state index in [1.54, 1.807) is 18.4 Å². The van der Waals surface area contributed by atoms with Crippen molar-refractivity contribution in [2.24, 2.45) is 10.1 Å². The van der Waals surface area contributed by atoms with Crippen molar-refractivity contribution in [3.05, 3.63) is 34.4 Å². The first-order valence-electron chi connectivity index (χ1n) is 10.8.